The van der Waals surface area contributed by atoms with Gasteiger partial charge in [-0.2, -0.15) is 4.98 Å². The van der Waals surface area contributed by atoms with Crippen LogP contribution >= 0.6 is 0 Å². The summed E-state index contributed by atoms with van der Waals surface area (Å²) in [4.78, 5) is 4.26. The van der Waals surface area contributed by atoms with E-state index in [0.29, 0.717) is 12.3 Å². The molecule has 0 fully saturated rings. The second-order valence-electron chi connectivity index (χ2n) is 4.23. The number of para-hydroxylation sites is 2. The summed E-state index contributed by atoms with van der Waals surface area (Å²) in [6.45, 7) is 0.644. The molecule has 0 saturated heterocycles. The Morgan fingerprint density at radius 3 is 2.58 bits per heavy atom. The molecule has 0 aliphatic rings. The molecule has 3 rings (SSSR count). The molecular formula is C15H14N2O2. The first-order chi connectivity index (χ1) is 9.35. The molecule has 4 heteroatoms. The van der Waals surface area contributed by atoms with Crippen molar-refractivity contribution < 1.29 is 9.15 Å². The van der Waals surface area contributed by atoms with Gasteiger partial charge in [0.1, 0.15) is 11.3 Å². The number of aromatic nitrogens is 1. The monoisotopic (exact) mass is 254 g/mol. The number of nitrogens with two attached hydrogens (primary N) is 1. The molecule has 0 saturated carbocycles. The maximum atomic E-state index is 5.59. The zero-order chi connectivity index (χ0) is 13.1. The molecule has 1 heterocycles. The predicted octanol–water partition coefficient (Wildman–Crippen LogP) is 3.12. The molecule has 0 aliphatic heterocycles. The maximum Gasteiger partial charge on any atom is 0.400 e. The van der Waals surface area contributed by atoms with Crippen LogP contribution in [-0.4, -0.2) is 11.5 Å². The van der Waals surface area contributed by atoms with Crippen LogP contribution in [0.15, 0.2) is 52.9 Å². The molecule has 2 N–H and O–H groups in total. The van der Waals surface area contributed by atoms with Crippen molar-refractivity contribution in [1.29, 1.82) is 0 Å². The van der Waals surface area contributed by atoms with E-state index in [1.807, 2.05) is 48.5 Å². The van der Waals surface area contributed by atoms with E-state index < -0.39 is 0 Å². The first kappa shape index (κ1) is 11.7. The van der Waals surface area contributed by atoms with Crippen LogP contribution in [-0.2, 0) is 6.42 Å². The highest BCUT2D eigenvalue weighted by Gasteiger charge is 2.06. The second-order valence-corrected chi connectivity index (χ2v) is 4.23. The average Bonchev–Trinajstić information content (AvgIpc) is 2.83. The van der Waals surface area contributed by atoms with Crippen molar-refractivity contribution in [3.8, 4) is 11.8 Å². The Balaban J connectivity index is 1.80. The Hall–Kier alpha value is -2.33. The zero-order valence-electron chi connectivity index (χ0n) is 10.4. The second kappa shape index (κ2) is 5.12. The fraction of sp³-hybridized carbons (Fsp3) is 0.133. The highest BCUT2D eigenvalue weighted by Crippen LogP contribution is 2.25. The van der Waals surface area contributed by atoms with Crippen molar-refractivity contribution in [2.75, 3.05) is 6.54 Å². The summed E-state index contributed by atoms with van der Waals surface area (Å²) in [6.07, 6.45) is 1.12. The van der Waals surface area contributed by atoms with Crippen LogP contribution in [0, 0.1) is 0 Å². The summed E-state index contributed by atoms with van der Waals surface area (Å²) in [7, 11) is 0. The Kier molecular flexibility index (Phi) is 3.16. The van der Waals surface area contributed by atoms with Gasteiger partial charge in [-0.1, -0.05) is 24.3 Å². The van der Waals surface area contributed by atoms with Crippen LogP contribution in [0.1, 0.15) is 5.56 Å². The van der Waals surface area contributed by atoms with Crippen molar-refractivity contribution in [3.63, 3.8) is 0 Å². The van der Waals surface area contributed by atoms with Crippen molar-refractivity contribution in [1.82, 2.24) is 4.98 Å². The molecule has 19 heavy (non-hydrogen) atoms. The molecule has 0 bridgehead atoms. The minimum absolute atomic E-state index is 0.257. The predicted molar refractivity (Wildman–Crippen MR) is 73.3 cm³/mol. The molecule has 96 valence electrons. The van der Waals surface area contributed by atoms with Crippen molar-refractivity contribution in [2.24, 2.45) is 5.73 Å². The Labute approximate surface area is 110 Å². The molecule has 0 spiro atoms. The van der Waals surface area contributed by atoms with Crippen molar-refractivity contribution >= 4 is 11.1 Å². The van der Waals surface area contributed by atoms with Gasteiger partial charge in [-0.3, -0.25) is 0 Å². The van der Waals surface area contributed by atoms with Crippen LogP contribution in [0.5, 0.6) is 11.8 Å². The lowest BCUT2D eigenvalue weighted by Gasteiger charge is -2.02. The Morgan fingerprint density at radius 2 is 1.84 bits per heavy atom. The van der Waals surface area contributed by atoms with E-state index in [2.05, 4.69) is 4.98 Å². The number of hydrogen-bond donors (Lipinski definition) is 1. The van der Waals surface area contributed by atoms with E-state index >= 15 is 0 Å². The minimum Gasteiger partial charge on any atom is -0.411 e. The van der Waals surface area contributed by atoms with Crippen molar-refractivity contribution in [3.05, 3.63) is 54.1 Å². The highest BCUT2D eigenvalue weighted by molar-refractivity contribution is 5.72. The fourth-order valence-electron chi connectivity index (χ4n) is 1.89. The van der Waals surface area contributed by atoms with Crippen LogP contribution < -0.4 is 10.5 Å². The lowest BCUT2D eigenvalue weighted by atomic mass is 10.1. The van der Waals surface area contributed by atoms with E-state index in [-0.39, 0.29) is 6.08 Å². The topological polar surface area (TPSA) is 61.3 Å². The van der Waals surface area contributed by atoms with E-state index in [9.17, 15) is 0 Å². The van der Waals surface area contributed by atoms with Gasteiger partial charge >= 0.3 is 6.08 Å². The molecule has 0 amide bonds. The highest BCUT2D eigenvalue weighted by atomic mass is 16.6. The normalized spacial score (nSPS) is 10.8. The SMILES string of the molecule is NCCc1ccc(Oc2nc3ccccc3o2)cc1. The first-order valence-electron chi connectivity index (χ1n) is 6.17. The third-order valence-electron chi connectivity index (χ3n) is 2.84. The Bertz CT molecular complexity index is 641. The molecule has 0 radical (unpaired) electrons. The number of oxazole rings is 1. The number of nitrogens with zero attached hydrogens (tertiary/aromatic N) is 1. The lowest BCUT2D eigenvalue weighted by Crippen LogP contribution is -2.02. The standard InChI is InChI=1S/C15H14N2O2/c16-10-9-11-5-7-12(8-6-11)18-15-17-13-3-1-2-4-14(13)19-15/h1-8H,9-10,16H2. The third-order valence-corrected chi connectivity index (χ3v) is 2.84. The lowest BCUT2D eigenvalue weighted by molar-refractivity contribution is 0.343. The third kappa shape index (κ3) is 2.58. The number of benzene rings is 2. The zero-order valence-corrected chi connectivity index (χ0v) is 10.4. The van der Waals surface area contributed by atoms with Gasteiger partial charge in [0.2, 0.25) is 0 Å². The number of fused-ring (bicyclic) bond motifs is 1. The maximum absolute atomic E-state index is 5.59. The number of rotatable bonds is 4. The van der Waals surface area contributed by atoms with Gasteiger partial charge in [-0.05, 0) is 42.8 Å². The average molecular weight is 254 g/mol. The molecule has 4 nitrogen and oxygen atoms in total. The van der Waals surface area contributed by atoms with Gasteiger partial charge < -0.3 is 14.9 Å². The van der Waals surface area contributed by atoms with E-state index in [4.69, 9.17) is 14.9 Å². The fourth-order valence-corrected chi connectivity index (χ4v) is 1.89. The largest absolute Gasteiger partial charge is 0.411 e. The molecule has 0 atom stereocenters. The molecular weight excluding hydrogens is 240 g/mol. The smallest absolute Gasteiger partial charge is 0.400 e. The number of ether oxygens (including phenoxy) is 1. The molecule has 2 aromatic carbocycles. The summed E-state index contributed by atoms with van der Waals surface area (Å²) in [5.74, 6) is 0.701. The van der Waals surface area contributed by atoms with Gasteiger partial charge in [0, 0.05) is 0 Å². The van der Waals surface area contributed by atoms with Crippen LogP contribution in [0.4, 0.5) is 0 Å². The van der Waals surface area contributed by atoms with E-state index in [0.717, 1.165) is 17.5 Å². The van der Waals surface area contributed by atoms with Gasteiger partial charge in [0.15, 0.2) is 5.58 Å². The van der Waals surface area contributed by atoms with Crippen molar-refractivity contribution in [2.45, 2.75) is 6.42 Å². The van der Waals surface area contributed by atoms with Crippen LogP contribution in [0.3, 0.4) is 0 Å². The molecule has 0 aliphatic carbocycles. The number of hydrogen-bond acceptors (Lipinski definition) is 4. The summed E-state index contributed by atoms with van der Waals surface area (Å²) < 4.78 is 11.1. The van der Waals surface area contributed by atoms with Gasteiger partial charge in [0.25, 0.3) is 0 Å². The van der Waals surface area contributed by atoms with Crippen LogP contribution in [0.2, 0.25) is 0 Å². The molecule has 3 aromatic rings. The van der Waals surface area contributed by atoms with Gasteiger partial charge in [-0.25, -0.2) is 0 Å². The summed E-state index contributed by atoms with van der Waals surface area (Å²) in [6, 6.07) is 15.3. The summed E-state index contributed by atoms with van der Waals surface area (Å²) >= 11 is 0. The molecule has 0 unspecified atom stereocenters. The van der Waals surface area contributed by atoms with Crippen LogP contribution in [0.25, 0.3) is 11.1 Å². The minimum atomic E-state index is 0.257. The summed E-state index contributed by atoms with van der Waals surface area (Å²) in [5.41, 5.74) is 8.21. The van der Waals surface area contributed by atoms with Gasteiger partial charge in [0.05, 0.1) is 0 Å². The van der Waals surface area contributed by atoms with Gasteiger partial charge in [-0.15, -0.1) is 0 Å². The van der Waals surface area contributed by atoms with E-state index in [1.54, 1.807) is 0 Å². The first-order valence-corrected chi connectivity index (χ1v) is 6.17. The van der Waals surface area contributed by atoms with E-state index in [1.165, 1.54) is 5.56 Å². The quantitative estimate of drug-likeness (QED) is 0.777. The molecule has 1 aromatic heterocycles. The Morgan fingerprint density at radius 1 is 1.05 bits per heavy atom. The summed E-state index contributed by atoms with van der Waals surface area (Å²) in [5, 5.41) is 0.